The van der Waals surface area contributed by atoms with Gasteiger partial charge in [0, 0.05) is 65.2 Å². The lowest BCUT2D eigenvalue weighted by atomic mass is 9.86. The predicted octanol–water partition coefficient (Wildman–Crippen LogP) is 13.7. The van der Waals surface area contributed by atoms with Crippen LogP contribution in [0.4, 0.5) is 11.4 Å². The first-order valence-corrected chi connectivity index (χ1v) is 20.8. The molecule has 0 radical (unpaired) electrons. The Bertz CT molecular complexity index is 3520. The van der Waals surface area contributed by atoms with E-state index in [0.29, 0.717) is 0 Å². The Hall–Kier alpha value is -7.06. The van der Waals surface area contributed by atoms with Gasteiger partial charge in [0.1, 0.15) is 22.2 Å². The summed E-state index contributed by atoms with van der Waals surface area (Å²) in [4.78, 5) is 2.50. The molecule has 6 aromatic carbocycles. The molecule has 3 heterocycles. The normalized spacial score (nSPS) is 16.1. The second-order valence-electron chi connectivity index (χ2n) is 15.3. The Morgan fingerprint density at radius 3 is 2.38 bits per heavy atom. The van der Waals surface area contributed by atoms with E-state index in [1.54, 1.807) is 0 Å². The fourth-order valence-electron chi connectivity index (χ4n) is 9.33. The van der Waals surface area contributed by atoms with Gasteiger partial charge in [0.2, 0.25) is 0 Å². The molecule has 3 nitrogen and oxygen atoms in total. The minimum absolute atomic E-state index is 0.246. The molecule has 4 heteroatoms. The van der Waals surface area contributed by atoms with Crippen molar-refractivity contribution in [2.45, 2.75) is 19.3 Å². The van der Waals surface area contributed by atoms with Crippen molar-refractivity contribution < 1.29 is 8.83 Å². The highest BCUT2D eigenvalue weighted by Gasteiger charge is 2.27. The fraction of sp³-hybridized carbons (Fsp3) is 0.0741. The number of benzene rings is 6. The summed E-state index contributed by atoms with van der Waals surface area (Å²) in [6.45, 7) is 0. The Balaban J connectivity index is 0.990. The summed E-state index contributed by atoms with van der Waals surface area (Å²) in [7, 11) is 0. The molecule has 3 aliphatic rings. The molecule has 1 unspecified atom stereocenters. The third-order valence-corrected chi connectivity index (χ3v) is 13.2. The van der Waals surface area contributed by atoms with Crippen molar-refractivity contribution in [1.82, 2.24) is 0 Å². The zero-order chi connectivity index (χ0) is 38.2. The van der Waals surface area contributed by atoms with E-state index >= 15 is 0 Å². The molecule has 0 amide bonds. The third-order valence-electron chi connectivity index (χ3n) is 12.0. The van der Waals surface area contributed by atoms with Gasteiger partial charge >= 0.3 is 0 Å². The van der Waals surface area contributed by atoms with Gasteiger partial charge in [-0.3, -0.25) is 0 Å². The van der Waals surface area contributed by atoms with E-state index in [9.17, 15) is 0 Å². The molecule has 0 fully saturated rings. The van der Waals surface area contributed by atoms with Crippen molar-refractivity contribution in [2.75, 3.05) is 4.90 Å². The van der Waals surface area contributed by atoms with E-state index < -0.39 is 0 Å². The van der Waals surface area contributed by atoms with Gasteiger partial charge in [-0.1, -0.05) is 132 Å². The summed E-state index contributed by atoms with van der Waals surface area (Å²) in [5.41, 5.74) is 19.6. The Labute approximate surface area is 338 Å². The predicted molar refractivity (Wildman–Crippen MR) is 243 cm³/mol. The molecular weight excluding hydrogens is 727 g/mol. The van der Waals surface area contributed by atoms with E-state index in [0.717, 1.165) is 90.8 Å². The van der Waals surface area contributed by atoms with Gasteiger partial charge in [0.25, 0.3) is 0 Å². The van der Waals surface area contributed by atoms with Gasteiger partial charge in [0.15, 0.2) is 0 Å². The molecule has 0 bridgehead atoms. The van der Waals surface area contributed by atoms with Crippen LogP contribution in [0.1, 0.15) is 24.8 Å². The molecule has 9 aromatic rings. The highest BCUT2D eigenvalue weighted by atomic mass is 32.1. The zero-order valence-corrected chi connectivity index (χ0v) is 32.4. The lowest BCUT2D eigenvalue weighted by molar-refractivity contribution is 0.566. The van der Waals surface area contributed by atoms with Gasteiger partial charge in [-0.05, 0) is 79.5 Å². The van der Waals surface area contributed by atoms with Crippen LogP contribution in [-0.4, -0.2) is 0 Å². The van der Waals surface area contributed by atoms with Crippen LogP contribution in [-0.2, 0) is 0 Å². The quantitative estimate of drug-likeness (QED) is 0.158. The molecule has 1 atom stereocenters. The molecule has 0 spiro atoms. The largest absolute Gasteiger partial charge is 0.456 e. The number of anilines is 2. The number of allylic oxidation sites excluding steroid dienone is 8. The van der Waals surface area contributed by atoms with Crippen molar-refractivity contribution in [1.29, 1.82) is 0 Å². The fourth-order valence-corrected chi connectivity index (χ4v) is 10.5. The van der Waals surface area contributed by atoms with Crippen LogP contribution in [0.2, 0.25) is 0 Å². The van der Waals surface area contributed by atoms with Gasteiger partial charge < -0.3 is 13.7 Å². The standard InChI is InChI=1S/C54H35NO2S/c1-3-14-35(15-4-1)39-18-7-10-22-45(39)55(46-23-13-21-42-41-19-9-12-25-50(41)58-54(42)46)38-29-26-34(27-30-38)37-28-31-40-44-33-49-52(43-20-8-11-24-47(43)56-49)51(36-16-5-2-6-17-36)53(44)57-48(40)32-37/h1-3,5-14,16-26,29,31-33,37H,27-28,30H2. The summed E-state index contributed by atoms with van der Waals surface area (Å²) in [5, 5.41) is 7.06. The van der Waals surface area contributed by atoms with Crippen LogP contribution in [0.3, 0.4) is 0 Å². The van der Waals surface area contributed by atoms with Crippen LogP contribution in [0.15, 0.2) is 189 Å². The highest BCUT2D eigenvalue weighted by Crippen LogP contribution is 2.47. The Kier molecular flexibility index (Phi) is 7.58. The average Bonchev–Trinajstić information content (AvgIpc) is 3.98. The molecule has 12 rings (SSSR count). The van der Waals surface area contributed by atoms with E-state index in [2.05, 4.69) is 162 Å². The van der Waals surface area contributed by atoms with Gasteiger partial charge in [-0.25, -0.2) is 0 Å². The molecule has 3 aromatic heterocycles. The second kappa shape index (κ2) is 13.3. The summed E-state index contributed by atoms with van der Waals surface area (Å²) < 4.78 is 16.0. The number of fused-ring (bicyclic) bond motifs is 9. The molecule has 0 saturated heterocycles. The van der Waals surface area contributed by atoms with Crippen molar-refractivity contribution in [3.63, 3.8) is 0 Å². The lowest BCUT2D eigenvalue weighted by Crippen LogP contribution is -2.26. The number of rotatable bonds is 6. The maximum atomic E-state index is 6.94. The molecule has 0 N–H and O–H groups in total. The monoisotopic (exact) mass is 761 g/mol. The first kappa shape index (κ1) is 33.1. The minimum Gasteiger partial charge on any atom is -0.456 e. The lowest BCUT2D eigenvalue weighted by Gasteiger charge is -2.32. The van der Waals surface area contributed by atoms with Crippen molar-refractivity contribution in [2.24, 2.45) is 5.92 Å². The molecular formula is C54H35NO2S. The van der Waals surface area contributed by atoms with Crippen LogP contribution in [0.5, 0.6) is 0 Å². The third kappa shape index (κ3) is 5.21. The van der Waals surface area contributed by atoms with Gasteiger partial charge in [-0.15, -0.1) is 11.3 Å². The first-order valence-electron chi connectivity index (χ1n) is 20.0. The SMILES string of the molecule is C1=C=C(c2ccccc2N(C2=CC=C(C3C=c4oc5c(-c6ccccc6)c6c(cc5c4=CC3)oc3ccccc36)CC2)c2cccc3c2sc2ccccc23)C=CC=1. The molecule has 58 heavy (non-hydrogen) atoms. The average molecular weight is 762 g/mol. The molecule has 0 aliphatic heterocycles. The maximum Gasteiger partial charge on any atom is 0.144 e. The number of hydrogen-bond acceptors (Lipinski definition) is 4. The maximum absolute atomic E-state index is 6.94. The number of furan rings is 2. The topological polar surface area (TPSA) is 29.5 Å². The van der Waals surface area contributed by atoms with Crippen LogP contribution in [0, 0.1) is 5.92 Å². The summed E-state index contributed by atoms with van der Waals surface area (Å²) in [6, 6.07) is 45.3. The summed E-state index contributed by atoms with van der Waals surface area (Å²) >= 11 is 1.87. The Morgan fingerprint density at radius 1 is 0.690 bits per heavy atom. The van der Waals surface area contributed by atoms with Crippen molar-refractivity contribution in [3.8, 4) is 11.1 Å². The van der Waals surface area contributed by atoms with E-state index in [-0.39, 0.29) is 5.92 Å². The van der Waals surface area contributed by atoms with Crippen molar-refractivity contribution >= 4 is 93.5 Å². The number of hydrogen-bond donors (Lipinski definition) is 0. The van der Waals surface area contributed by atoms with Gasteiger partial charge in [0.05, 0.1) is 16.1 Å². The number of para-hydroxylation sites is 2. The molecule has 274 valence electrons. The smallest absolute Gasteiger partial charge is 0.144 e. The second-order valence-corrected chi connectivity index (χ2v) is 16.3. The van der Waals surface area contributed by atoms with Crippen molar-refractivity contribution in [3.05, 3.63) is 197 Å². The number of nitrogens with zero attached hydrogens (tertiary/aromatic N) is 1. The first-order chi connectivity index (χ1) is 28.8. The summed E-state index contributed by atoms with van der Waals surface area (Å²) in [5.74, 6) is 0.246. The molecule has 0 saturated carbocycles. The highest BCUT2D eigenvalue weighted by molar-refractivity contribution is 7.26. The zero-order valence-electron chi connectivity index (χ0n) is 31.5. The van der Waals surface area contributed by atoms with E-state index in [1.807, 2.05) is 35.6 Å². The van der Waals surface area contributed by atoms with Crippen LogP contribution in [0.25, 0.3) is 81.9 Å². The van der Waals surface area contributed by atoms with Crippen LogP contribution < -0.4 is 15.5 Å². The Morgan fingerprint density at radius 2 is 1.50 bits per heavy atom. The van der Waals surface area contributed by atoms with E-state index in [1.165, 1.54) is 37.1 Å². The minimum atomic E-state index is 0.246. The number of thiophene rings is 1. The van der Waals surface area contributed by atoms with Gasteiger partial charge in [-0.2, -0.15) is 0 Å². The summed E-state index contributed by atoms with van der Waals surface area (Å²) in [6.07, 6.45) is 18.3. The van der Waals surface area contributed by atoms with E-state index in [4.69, 9.17) is 8.83 Å². The van der Waals surface area contributed by atoms with Crippen LogP contribution >= 0.6 is 11.3 Å². The molecule has 3 aliphatic carbocycles.